The Morgan fingerprint density at radius 3 is 2.75 bits per heavy atom. The summed E-state index contributed by atoms with van der Waals surface area (Å²) in [5.41, 5.74) is 4.88. The molecule has 0 saturated carbocycles. The predicted octanol–water partition coefficient (Wildman–Crippen LogP) is 1.35. The lowest BCUT2D eigenvalue weighted by Crippen LogP contribution is -2.27. The maximum atomic E-state index is 11.6. The molecule has 1 amide bonds. The molecule has 16 heavy (non-hydrogen) atoms. The van der Waals surface area contributed by atoms with Crippen molar-refractivity contribution in [2.75, 3.05) is 6.61 Å². The van der Waals surface area contributed by atoms with Gasteiger partial charge >= 0.3 is 0 Å². The van der Waals surface area contributed by atoms with Gasteiger partial charge < -0.3 is 5.11 Å². The number of aliphatic hydroxyl groups is 1. The van der Waals surface area contributed by atoms with Crippen molar-refractivity contribution in [2.45, 2.75) is 26.9 Å². The fourth-order valence-electron chi connectivity index (χ4n) is 1.35. The molecule has 4 nitrogen and oxygen atoms in total. The summed E-state index contributed by atoms with van der Waals surface area (Å²) in [6.45, 7) is 5.51. The predicted molar refractivity (Wildman–Crippen MR) is 61.0 cm³/mol. The Labute approximate surface area is 95.2 Å². The zero-order valence-corrected chi connectivity index (χ0v) is 9.78. The fraction of sp³-hybridized carbons (Fsp3) is 0.417. The van der Waals surface area contributed by atoms with Crippen LogP contribution >= 0.6 is 0 Å². The van der Waals surface area contributed by atoms with Gasteiger partial charge in [-0.05, 0) is 32.4 Å². The molecule has 0 aliphatic carbocycles. The Bertz CT molecular complexity index is 375. The van der Waals surface area contributed by atoms with Gasteiger partial charge in [-0.2, -0.15) is 0 Å². The van der Waals surface area contributed by atoms with Crippen molar-refractivity contribution in [3.63, 3.8) is 0 Å². The summed E-state index contributed by atoms with van der Waals surface area (Å²) >= 11 is 0. The average molecular weight is 223 g/mol. The largest absolute Gasteiger partial charge is 0.391 e. The molecule has 0 aliphatic rings. The van der Waals surface area contributed by atoms with Crippen LogP contribution in [0.15, 0.2) is 18.2 Å². The van der Waals surface area contributed by atoms with Crippen LogP contribution in [0.2, 0.25) is 0 Å². The Morgan fingerprint density at radius 2 is 2.19 bits per heavy atom. The molecule has 88 valence electrons. The topological polar surface area (TPSA) is 58.6 Å². The standard InChI is InChI=1S/C12H17NO3/c1-8-4-5-11(9(2)6-8)12(15)13-16-7-10(3)14/h4-6,10,14H,7H2,1-3H3,(H,13,15). The summed E-state index contributed by atoms with van der Waals surface area (Å²) in [7, 11) is 0. The lowest BCUT2D eigenvalue weighted by Gasteiger charge is -2.09. The molecule has 1 atom stereocenters. The van der Waals surface area contributed by atoms with E-state index in [9.17, 15) is 4.79 Å². The number of nitrogens with one attached hydrogen (secondary N) is 1. The van der Waals surface area contributed by atoms with Crippen LogP contribution in [0.4, 0.5) is 0 Å². The Morgan fingerprint density at radius 1 is 1.50 bits per heavy atom. The normalized spacial score (nSPS) is 12.2. The third-order valence-electron chi connectivity index (χ3n) is 2.12. The maximum Gasteiger partial charge on any atom is 0.275 e. The molecule has 0 fully saturated rings. The van der Waals surface area contributed by atoms with Gasteiger partial charge in [0, 0.05) is 5.56 Å². The van der Waals surface area contributed by atoms with Crippen LogP contribution in [0, 0.1) is 13.8 Å². The number of hydrogen-bond donors (Lipinski definition) is 2. The van der Waals surface area contributed by atoms with E-state index in [1.807, 2.05) is 26.0 Å². The van der Waals surface area contributed by atoms with Gasteiger partial charge in [0.15, 0.2) is 0 Å². The van der Waals surface area contributed by atoms with Crippen LogP contribution in [0.1, 0.15) is 28.4 Å². The molecule has 1 rings (SSSR count). The number of amides is 1. The van der Waals surface area contributed by atoms with Crippen LogP contribution in [0.25, 0.3) is 0 Å². The first-order valence-electron chi connectivity index (χ1n) is 5.18. The van der Waals surface area contributed by atoms with Gasteiger partial charge in [-0.1, -0.05) is 17.7 Å². The van der Waals surface area contributed by atoms with E-state index < -0.39 is 6.10 Å². The highest BCUT2D eigenvalue weighted by Crippen LogP contribution is 2.10. The zero-order valence-electron chi connectivity index (χ0n) is 9.78. The van der Waals surface area contributed by atoms with Gasteiger partial charge in [-0.25, -0.2) is 5.48 Å². The van der Waals surface area contributed by atoms with Gasteiger partial charge in [0.05, 0.1) is 6.10 Å². The summed E-state index contributed by atoms with van der Waals surface area (Å²) in [5, 5.41) is 8.95. The van der Waals surface area contributed by atoms with Crippen molar-refractivity contribution in [3.8, 4) is 0 Å². The first-order chi connectivity index (χ1) is 7.50. The number of hydroxylamine groups is 1. The molecule has 0 saturated heterocycles. The van der Waals surface area contributed by atoms with E-state index in [0.717, 1.165) is 11.1 Å². The van der Waals surface area contributed by atoms with Crippen LogP contribution in [-0.4, -0.2) is 23.7 Å². The second-order valence-corrected chi connectivity index (χ2v) is 3.91. The monoisotopic (exact) mass is 223 g/mol. The van der Waals surface area contributed by atoms with E-state index in [1.54, 1.807) is 13.0 Å². The number of aliphatic hydroxyl groups excluding tert-OH is 1. The lowest BCUT2D eigenvalue weighted by atomic mass is 10.1. The number of rotatable bonds is 4. The van der Waals surface area contributed by atoms with Crippen molar-refractivity contribution >= 4 is 5.91 Å². The van der Waals surface area contributed by atoms with E-state index in [2.05, 4.69) is 5.48 Å². The summed E-state index contributed by atoms with van der Waals surface area (Å²) in [6, 6.07) is 5.56. The minimum Gasteiger partial charge on any atom is -0.391 e. The van der Waals surface area contributed by atoms with Crippen LogP contribution in [0.5, 0.6) is 0 Å². The van der Waals surface area contributed by atoms with Crippen molar-refractivity contribution in [2.24, 2.45) is 0 Å². The number of hydrogen-bond acceptors (Lipinski definition) is 3. The van der Waals surface area contributed by atoms with Crippen molar-refractivity contribution in [1.82, 2.24) is 5.48 Å². The molecule has 1 unspecified atom stereocenters. The molecule has 2 N–H and O–H groups in total. The summed E-state index contributed by atoms with van der Waals surface area (Å²) in [5.74, 6) is -0.293. The van der Waals surface area contributed by atoms with E-state index in [1.165, 1.54) is 0 Å². The number of carbonyl (C=O) groups excluding carboxylic acids is 1. The lowest BCUT2D eigenvalue weighted by molar-refractivity contribution is -0.00690. The number of aryl methyl sites for hydroxylation is 2. The second-order valence-electron chi connectivity index (χ2n) is 3.91. The minimum absolute atomic E-state index is 0.0800. The first-order valence-corrected chi connectivity index (χ1v) is 5.18. The fourth-order valence-corrected chi connectivity index (χ4v) is 1.35. The van der Waals surface area contributed by atoms with Gasteiger partial charge in [0.2, 0.25) is 0 Å². The molecule has 0 heterocycles. The highest BCUT2D eigenvalue weighted by atomic mass is 16.7. The van der Waals surface area contributed by atoms with E-state index in [-0.39, 0.29) is 12.5 Å². The molecular formula is C12H17NO3. The van der Waals surface area contributed by atoms with E-state index in [0.29, 0.717) is 5.56 Å². The van der Waals surface area contributed by atoms with Crippen molar-refractivity contribution in [3.05, 3.63) is 34.9 Å². The van der Waals surface area contributed by atoms with Gasteiger partial charge in [-0.3, -0.25) is 9.63 Å². The summed E-state index contributed by atoms with van der Waals surface area (Å²) in [6.07, 6.45) is -0.598. The van der Waals surface area contributed by atoms with Gasteiger partial charge in [-0.15, -0.1) is 0 Å². The van der Waals surface area contributed by atoms with E-state index >= 15 is 0 Å². The molecule has 0 aliphatic heterocycles. The van der Waals surface area contributed by atoms with Gasteiger partial charge in [0.1, 0.15) is 6.61 Å². The highest BCUT2D eigenvalue weighted by Gasteiger charge is 2.08. The molecule has 4 heteroatoms. The van der Waals surface area contributed by atoms with Crippen molar-refractivity contribution < 1.29 is 14.7 Å². The Balaban J connectivity index is 2.59. The maximum absolute atomic E-state index is 11.6. The molecule has 0 aromatic heterocycles. The number of carbonyl (C=O) groups is 1. The minimum atomic E-state index is -0.598. The molecule has 0 bridgehead atoms. The smallest absolute Gasteiger partial charge is 0.275 e. The van der Waals surface area contributed by atoms with Gasteiger partial charge in [0.25, 0.3) is 5.91 Å². The average Bonchev–Trinajstić information content (AvgIpc) is 2.16. The summed E-state index contributed by atoms with van der Waals surface area (Å²) in [4.78, 5) is 16.5. The number of benzene rings is 1. The third-order valence-corrected chi connectivity index (χ3v) is 2.12. The first kappa shape index (κ1) is 12.7. The molecule has 1 aromatic carbocycles. The van der Waals surface area contributed by atoms with Crippen LogP contribution < -0.4 is 5.48 Å². The van der Waals surface area contributed by atoms with E-state index in [4.69, 9.17) is 9.94 Å². The second kappa shape index (κ2) is 5.63. The quantitative estimate of drug-likeness (QED) is 0.757. The summed E-state index contributed by atoms with van der Waals surface area (Å²) < 4.78 is 0. The third kappa shape index (κ3) is 3.64. The Kier molecular flexibility index (Phi) is 4.46. The van der Waals surface area contributed by atoms with Crippen LogP contribution in [0.3, 0.4) is 0 Å². The van der Waals surface area contributed by atoms with Crippen molar-refractivity contribution in [1.29, 1.82) is 0 Å². The molecule has 0 radical (unpaired) electrons. The highest BCUT2D eigenvalue weighted by molar-refractivity contribution is 5.94. The van der Waals surface area contributed by atoms with Crippen LogP contribution in [-0.2, 0) is 4.84 Å². The molecular weight excluding hydrogens is 206 g/mol. The zero-order chi connectivity index (χ0) is 12.1. The molecule has 0 spiro atoms. The Hall–Kier alpha value is -1.39. The SMILES string of the molecule is Cc1ccc(C(=O)NOCC(C)O)c(C)c1. The molecule has 1 aromatic rings.